The van der Waals surface area contributed by atoms with Crippen molar-refractivity contribution in [2.75, 3.05) is 30.4 Å². The van der Waals surface area contributed by atoms with Crippen LogP contribution in [0, 0.1) is 17.2 Å². The summed E-state index contributed by atoms with van der Waals surface area (Å²) in [7, 11) is 2.05. The van der Waals surface area contributed by atoms with E-state index >= 15 is 0 Å². The lowest BCUT2D eigenvalue weighted by Crippen LogP contribution is -2.24. The van der Waals surface area contributed by atoms with Crippen molar-refractivity contribution in [3.05, 3.63) is 12.4 Å². The fourth-order valence-corrected chi connectivity index (χ4v) is 2.05. The summed E-state index contributed by atoms with van der Waals surface area (Å²) < 4.78 is 0. The van der Waals surface area contributed by atoms with Crippen molar-refractivity contribution in [1.82, 2.24) is 9.97 Å². The van der Waals surface area contributed by atoms with Gasteiger partial charge in [0.15, 0.2) is 0 Å². The average molecular weight is 245 g/mol. The first kappa shape index (κ1) is 12.6. The first-order valence-electron chi connectivity index (χ1n) is 6.43. The Balaban J connectivity index is 1.87. The number of hydrogen-bond donors (Lipinski definition) is 1. The monoisotopic (exact) mass is 245 g/mol. The van der Waals surface area contributed by atoms with Gasteiger partial charge in [-0.25, -0.2) is 9.97 Å². The van der Waals surface area contributed by atoms with Gasteiger partial charge in [0.2, 0.25) is 0 Å². The number of nitrogens with zero attached hydrogens (tertiary/aromatic N) is 4. The summed E-state index contributed by atoms with van der Waals surface area (Å²) in [5, 5.41) is 11.5. The van der Waals surface area contributed by atoms with Gasteiger partial charge in [-0.05, 0) is 12.3 Å². The Morgan fingerprint density at radius 1 is 1.50 bits per heavy atom. The molecule has 0 saturated heterocycles. The molecule has 1 aliphatic carbocycles. The van der Waals surface area contributed by atoms with E-state index in [1.807, 2.05) is 12.1 Å². The largest absolute Gasteiger partial charge is 0.360 e. The Labute approximate surface area is 108 Å². The van der Waals surface area contributed by atoms with Crippen molar-refractivity contribution >= 4 is 11.6 Å². The topological polar surface area (TPSA) is 64.8 Å². The van der Waals surface area contributed by atoms with Gasteiger partial charge in [0.05, 0.1) is 6.07 Å². The highest BCUT2D eigenvalue weighted by molar-refractivity contribution is 5.48. The van der Waals surface area contributed by atoms with Gasteiger partial charge in [-0.2, -0.15) is 5.26 Å². The molecule has 1 aromatic rings. The van der Waals surface area contributed by atoms with Crippen LogP contribution in [-0.2, 0) is 0 Å². The SMILES string of the molecule is CN(CCC1CCC1)c1cc(NCC#N)ncn1. The summed E-state index contributed by atoms with van der Waals surface area (Å²) in [6, 6.07) is 3.92. The van der Waals surface area contributed by atoms with Crippen molar-refractivity contribution < 1.29 is 0 Å². The number of nitriles is 1. The van der Waals surface area contributed by atoms with Crippen LogP contribution in [0.5, 0.6) is 0 Å². The maximum atomic E-state index is 8.52. The summed E-state index contributed by atoms with van der Waals surface area (Å²) in [6.45, 7) is 1.29. The molecule has 5 heteroatoms. The lowest BCUT2D eigenvalue weighted by atomic mass is 9.83. The normalized spacial score (nSPS) is 14.7. The summed E-state index contributed by atoms with van der Waals surface area (Å²) in [5.74, 6) is 2.52. The van der Waals surface area contributed by atoms with Crippen LogP contribution in [0.15, 0.2) is 12.4 Å². The van der Waals surface area contributed by atoms with E-state index in [2.05, 4.69) is 27.2 Å². The lowest BCUT2D eigenvalue weighted by molar-refractivity contribution is 0.299. The first-order valence-corrected chi connectivity index (χ1v) is 6.43. The molecule has 1 aromatic heterocycles. The molecule has 0 radical (unpaired) electrons. The van der Waals surface area contributed by atoms with Crippen LogP contribution in [0.25, 0.3) is 0 Å². The summed E-state index contributed by atoms with van der Waals surface area (Å²) in [6.07, 6.45) is 6.93. The molecule has 0 bridgehead atoms. The fraction of sp³-hybridized carbons (Fsp3) is 0.615. The molecule has 0 atom stereocenters. The molecule has 18 heavy (non-hydrogen) atoms. The van der Waals surface area contributed by atoms with Crippen LogP contribution < -0.4 is 10.2 Å². The molecule has 96 valence electrons. The second-order valence-electron chi connectivity index (χ2n) is 4.78. The van der Waals surface area contributed by atoms with Crippen LogP contribution in [0.3, 0.4) is 0 Å². The molecule has 1 heterocycles. The summed E-state index contributed by atoms with van der Waals surface area (Å²) in [4.78, 5) is 10.5. The maximum absolute atomic E-state index is 8.52. The third-order valence-electron chi connectivity index (χ3n) is 3.49. The van der Waals surface area contributed by atoms with E-state index in [1.165, 1.54) is 32.0 Å². The third-order valence-corrected chi connectivity index (χ3v) is 3.49. The summed E-state index contributed by atoms with van der Waals surface area (Å²) in [5.41, 5.74) is 0. The molecule has 0 amide bonds. The maximum Gasteiger partial charge on any atom is 0.133 e. The number of nitrogens with one attached hydrogen (secondary N) is 1. The smallest absolute Gasteiger partial charge is 0.133 e. The van der Waals surface area contributed by atoms with Gasteiger partial charge < -0.3 is 10.2 Å². The van der Waals surface area contributed by atoms with Crippen molar-refractivity contribution in [2.24, 2.45) is 5.92 Å². The molecule has 0 spiro atoms. The Kier molecular flexibility index (Phi) is 4.35. The molecule has 0 aliphatic heterocycles. The third kappa shape index (κ3) is 3.33. The number of aromatic nitrogens is 2. The predicted molar refractivity (Wildman–Crippen MR) is 71.4 cm³/mol. The average Bonchev–Trinajstić information content (AvgIpc) is 2.34. The van der Waals surface area contributed by atoms with E-state index in [0.717, 1.165) is 18.3 Å². The van der Waals surface area contributed by atoms with E-state index < -0.39 is 0 Å². The standard InChI is InChI=1S/C13H19N5/c1-18(8-5-11-3-2-4-11)13-9-12(15-7-6-14)16-10-17-13/h9-11H,2-5,7-8H2,1H3,(H,15,16,17). The van der Waals surface area contributed by atoms with Crippen LogP contribution >= 0.6 is 0 Å². The van der Waals surface area contributed by atoms with Gasteiger partial charge in [-0.1, -0.05) is 19.3 Å². The predicted octanol–water partition coefficient (Wildman–Crippen LogP) is 2.04. The van der Waals surface area contributed by atoms with Gasteiger partial charge in [0, 0.05) is 19.7 Å². The molecule has 5 nitrogen and oxygen atoms in total. The van der Waals surface area contributed by atoms with E-state index in [4.69, 9.17) is 5.26 Å². The van der Waals surface area contributed by atoms with E-state index in [1.54, 1.807) is 0 Å². The number of rotatable bonds is 6. The lowest BCUT2D eigenvalue weighted by Gasteiger charge is -2.28. The van der Waals surface area contributed by atoms with Gasteiger partial charge >= 0.3 is 0 Å². The van der Waals surface area contributed by atoms with Crippen molar-refractivity contribution in [3.63, 3.8) is 0 Å². The van der Waals surface area contributed by atoms with Gasteiger partial charge in [0.1, 0.15) is 24.5 Å². The van der Waals surface area contributed by atoms with E-state index in [-0.39, 0.29) is 6.54 Å². The van der Waals surface area contributed by atoms with Crippen LogP contribution in [0.4, 0.5) is 11.6 Å². The zero-order valence-electron chi connectivity index (χ0n) is 10.8. The quantitative estimate of drug-likeness (QED) is 0.777. The molecule has 1 N–H and O–H groups in total. The highest BCUT2D eigenvalue weighted by atomic mass is 15.2. The number of hydrogen-bond acceptors (Lipinski definition) is 5. The van der Waals surface area contributed by atoms with Crippen LogP contribution in [-0.4, -0.2) is 30.1 Å². The van der Waals surface area contributed by atoms with Crippen LogP contribution in [0.1, 0.15) is 25.7 Å². The van der Waals surface area contributed by atoms with Gasteiger partial charge in [0.25, 0.3) is 0 Å². The van der Waals surface area contributed by atoms with Crippen molar-refractivity contribution in [3.8, 4) is 6.07 Å². The Morgan fingerprint density at radius 3 is 3.00 bits per heavy atom. The molecule has 2 rings (SSSR count). The molecule has 1 saturated carbocycles. The molecular formula is C13H19N5. The minimum Gasteiger partial charge on any atom is -0.360 e. The minimum atomic E-state index is 0.266. The molecule has 1 aliphatic rings. The second-order valence-corrected chi connectivity index (χ2v) is 4.78. The zero-order valence-corrected chi connectivity index (χ0v) is 10.8. The van der Waals surface area contributed by atoms with Gasteiger partial charge in [-0.3, -0.25) is 0 Å². The van der Waals surface area contributed by atoms with Crippen LogP contribution in [0.2, 0.25) is 0 Å². The van der Waals surface area contributed by atoms with Crippen molar-refractivity contribution in [1.29, 1.82) is 5.26 Å². The Bertz CT molecular complexity index is 422. The Morgan fingerprint density at radius 2 is 2.33 bits per heavy atom. The molecular weight excluding hydrogens is 226 g/mol. The fourth-order valence-electron chi connectivity index (χ4n) is 2.05. The second kappa shape index (κ2) is 6.20. The van der Waals surface area contributed by atoms with E-state index in [0.29, 0.717) is 5.82 Å². The Hall–Kier alpha value is -1.83. The van der Waals surface area contributed by atoms with Gasteiger partial charge in [-0.15, -0.1) is 0 Å². The molecule has 0 unspecified atom stereocenters. The van der Waals surface area contributed by atoms with E-state index in [9.17, 15) is 0 Å². The molecule has 0 aromatic carbocycles. The number of anilines is 2. The zero-order chi connectivity index (χ0) is 12.8. The highest BCUT2D eigenvalue weighted by Gasteiger charge is 2.17. The minimum absolute atomic E-state index is 0.266. The highest BCUT2D eigenvalue weighted by Crippen LogP contribution is 2.29. The molecule has 1 fully saturated rings. The summed E-state index contributed by atoms with van der Waals surface area (Å²) >= 11 is 0. The van der Waals surface area contributed by atoms with Crippen molar-refractivity contribution in [2.45, 2.75) is 25.7 Å². The first-order chi connectivity index (χ1) is 8.79.